The number of hydrogen-bond acceptors (Lipinski definition) is 14. The molecule has 14 heteroatoms. The number of nitrogens with zero attached hydrogens (tertiary/aromatic N) is 2. The lowest BCUT2D eigenvalue weighted by Crippen LogP contribution is -2.56. The molecule has 3 aliphatic rings. The number of fused-ring (bicyclic) bond motifs is 1. The van der Waals surface area contributed by atoms with E-state index >= 15 is 0 Å². The molecule has 3 heterocycles. The molecule has 0 amide bonds. The van der Waals surface area contributed by atoms with Crippen LogP contribution < -0.4 is 0 Å². The summed E-state index contributed by atoms with van der Waals surface area (Å²) >= 11 is 0. The molecule has 49 heavy (non-hydrogen) atoms. The van der Waals surface area contributed by atoms with Gasteiger partial charge in [0.05, 0.1) is 44.2 Å². The van der Waals surface area contributed by atoms with E-state index in [1.807, 2.05) is 58.5 Å². The van der Waals surface area contributed by atoms with E-state index in [1.165, 1.54) is 0 Å². The second-order valence-corrected chi connectivity index (χ2v) is 14.8. The molecule has 3 saturated heterocycles. The molecular formula is C35H64N2O12. The Morgan fingerprint density at radius 1 is 1.00 bits per heavy atom. The average molecular weight is 705 g/mol. The summed E-state index contributed by atoms with van der Waals surface area (Å²) in [7, 11) is 5.43. The molecule has 2 N–H and O–H groups in total. The summed E-state index contributed by atoms with van der Waals surface area (Å²) in [5.41, 5.74) is -1.26. The maximum absolute atomic E-state index is 14.1. The highest BCUT2D eigenvalue weighted by Gasteiger charge is 2.57. The number of cyclic esters (lactones) is 1. The van der Waals surface area contributed by atoms with Crippen molar-refractivity contribution in [2.24, 2.45) is 23.7 Å². The highest BCUT2D eigenvalue weighted by molar-refractivity contribution is 5.73. The van der Waals surface area contributed by atoms with E-state index in [2.05, 4.69) is 6.92 Å². The van der Waals surface area contributed by atoms with Crippen LogP contribution in [0.4, 0.5) is 4.79 Å². The first-order chi connectivity index (χ1) is 23.1. The average Bonchev–Trinajstić information content (AvgIpc) is 3.37. The number of ether oxygens (including phenoxy) is 8. The Morgan fingerprint density at radius 3 is 2.31 bits per heavy atom. The van der Waals surface area contributed by atoms with E-state index in [-0.39, 0.29) is 43.5 Å². The summed E-state index contributed by atoms with van der Waals surface area (Å²) in [5, 5.41) is 22.0. The minimum Gasteiger partial charge on any atom is -0.458 e. The first-order valence-corrected chi connectivity index (χ1v) is 17.9. The molecule has 0 aromatic rings. The Balaban J connectivity index is 2.07. The summed E-state index contributed by atoms with van der Waals surface area (Å²) < 4.78 is 47.8. The normalized spacial score (nSPS) is 41.7. The molecular weight excluding hydrogens is 640 g/mol. The molecule has 0 unspecified atom stereocenters. The van der Waals surface area contributed by atoms with Gasteiger partial charge in [-0.15, -0.1) is 0 Å². The van der Waals surface area contributed by atoms with Crippen LogP contribution in [0.3, 0.4) is 0 Å². The lowest BCUT2D eigenvalue weighted by atomic mass is 9.81. The Labute approximate surface area is 292 Å². The van der Waals surface area contributed by atoms with E-state index in [0.29, 0.717) is 39.0 Å². The minimum atomic E-state index is -1.26. The second-order valence-electron chi connectivity index (χ2n) is 14.8. The van der Waals surface area contributed by atoms with Crippen LogP contribution in [0.2, 0.25) is 0 Å². The van der Waals surface area contributed by atoms with Gasteiger partial charge in [0.2, 0.25) is 0 Å². The SMILES string of the molecule is CC[C@H]1OC(=O)[C@H](C)[C@@H](OCOCCOC)[C@H](C)[C@@H](O[C@@H]2O[C@H](C)C[C@H](N(C)C)[C@H]2O)[C@@H](C)C[C@@H](C)N(CO)C[C@H](C)[C@H]2OC(=O)O[C@@]21C. The zero-order chi connectivity index (χ0) is 36.6. The molecule has 14 nitrogen and oxygen atoms in total. The van der Waals surface area contributed by atoms with Crippen LogP contribution in [-0.2, 0) is 42.7 Å². The number of hydrogen-bond donors (Lipinski definition) is 2. The lowest BCUT2D eigenvalue weighted by Gasteiger charge is -2.45. The molecule has 0 saturated carbocycles. The zero-order valence-electron chi connectivity index (χ0n) is 31.5. The molecule has 3 rings (SSSR count). The topological polar surface area (TPSA) is 155 Å². The highest BCUT2D eigenvalue weighted by Crippen LogP contribution is 2.40. The van der Waals surface area contributed by atoms with E-state index in [1.54, 1.807) is 21.0 Å². The van der Waals surface area contributed by atoms with Crippen LogP contribution in [0.5, 0.6) is 0 Å². The Morgan fingerprint density at radius 2 is 1.69 bits per heavy atom. The largest absolute Gasteiger partial charge is 0.509 e. The molecule has 0 aromatic heterocycles. The molecule has 3 fully saturated rings. The van der Waals surface area contributed by atoms with E-state index < -0.39 is 66.4 Å². The maximum Gasteiger partial charge on any atom is 0.509 e. The van der Waals surface area contributed by atoms with Gasteiger partial charge < -0.3 is 53.0 Å². The van der Waals surface area contributed by atoms with Gasteiger partial charge >= 0.3 is 12.1 Å². The molecule has 14 atom stereocenters. The van der Waals surface area contributed by atoms with Gasteiger partial charge in [-0.05, 0) is 67.0 Å². The van der Waals surface area contributed by atoms with Gasteiger partial charge in [0.1, 0.15) is 19.0 Å². The van der Waals surface area contributed by atoms with Crippen LogP contribution in [0.25, 0.3) is 0 Å². The van der Waals surface area contributed by atoms with Gasteiger partial charge in [-0.2, -0.15) is 0 Å². The van der Waals surface area contributed by atoms with Crippen LogP contribution in [0.1, 0.15) is 74.7 Å². The van der Waals surface area contributed by atoms with Crippen molar-refractivity contribution in [2.75, 3.05) is 54.5 Å². The highest BCUT2D eigenvalue weighted by atomic mass is 16.8. The maximum atomic E-state index is 14.1. The predicted octanol–water partition coefficient (Wildman–Crippen LogP) is 3.01. The van der Waals surface area contributed by atoms with Gasteiger partial charge in [-0.25, -0.2) is 4.79 Å². The number of likely N-dealkylation sites (N-methyl/N-ethyl adjacent to an activating group) is 1. The fourth-order valence-corrected chi connectivity index (χ4v) is 7.92. The number of carbonyl (C=O) groups excluding carboxylic acids is 2. The van der Waals surface area contributed by atoms with E-state index in [0.717, 1.165) is 0 Å². The number of rotatable bonds is 11. The molecule has 0 aliphatic carbocycles. The molecule has 286 valence electrons. The molecule has 0 spiro atoms. The Kier molecular flexibility index (Phi) is 16.0. The minimum absolute atomic E-state index is 0.103. The van der Waals surface area contributed by atoms with Gasteiger partial charge in [-0.3, -0.25) is 9.69 Å². The monoisotopic (exact) mass is 704 g/mol. The molecule has 0 bridgehead atoms. The molecule has 3 aliphatic heterocycles. The van der Waals surface area contributed by atoms with Crippen molar-refractivity contribution in [1.29, 1.82) is 0 Å². The van der Waals surface area contributed by atoms with Crippen LogP contribution in [0.15, 0.2) is 0 Å². The second kappa shape index (κ2) is 18.7. The third kappa shape index (κ3) is 10.3. The fraction of sp³-hybridized carbons (Fsp3) is 0.943. The zero-order valence-corrected chi connectivity index (χ0v) is 31.5. The van der Waals surface area contributed by atoms with Crippen molar-refractivity contribution in [3.8, 4) is 0 Å². The first-order valence-electron chi connectivity index (χ1n) is 17.9. The number of aliphatic hydroxyl groups is 2. The van der Waals surface area contributed by atoms with E-state index in [4.69, 9.17) is 37.9 Å². The number of methoxy groups -OCH3 is 1. The van der Waals surface area contributed by atoms with Crippen molar-refractivity contribution < 1.29 is 57.7 Å². The van der Waals surface area contributed by atoms with Crippen LogP contribution >= 0.6 is 0 Å². The van der Waals surface area contributed by atoms with Crippen molar-refractivity contribution in [3.05, 3.63) is 0 Å². The molecule has 0 radical (unpaired) electrons. The summed E-state index contributed by atoms with van der Waals surface area (Å²) in [6.45, 7) is 16.0. The van der Waals surface area contributed by atoms with E-state index in [9.17, 15) is 19.8 Å². The number of esters is 1. The standard InChI is InChI=1S/C35H64N2O12/c1-12-27-35(8)31(48-34(41)49-35)21(3)17-37(18-38)22(4)15-20(2)29(47-33-28(39)26(36(9)10)16-23(5)45-33)24(6)30(25(7)32(40)46-27)44-19-43-14-13-42-11/h20-31,33,38-39H,12-19H2,1-11H3/t20-,21-,22+,23+,24+,25+,26-,27+,28+,29-,30-,31+,33-,35+/m0/s1. The quantitative estimate of drug-likeness (QED) is 0.184. The van der Waals surface area contributed by atoms with Gasteiger partial charge in [0.25, 0.3) is 0 Å². The predicted molar refractivity (Wildman–Crippen MR) is 179 cm³/mol. The third-order valence-electron chi connectivity index (χ3n) is 10.7. The van der Waals surface area contributed by atoms with Gasteiger partial charge in [0, 0.05) is 37.6 Å². The Bertz CT molecular complexity index is 1040. The first kappa shape index (κ1) is 41.8. The summed E-state index contributed by atoms with van der Waals surface area (Å²) in [6.07, 6.45) is -4.07. The summed E-state index contributed by atoms with van der Waals surface area (Å²) in [6, 6.07) is -0.306. The lowest BCUT2D eigenvalue weighted by molar-refractivity contribution is -0.285. The van der Waals surface area contributed by atoms with Gasteiger partial charge in [0.15, 0.2) is 18.0 Å². The van der Waals surface area contributed by atoms with Crippen molar-refractivity contribution in [3.63, 3.8) is 0 Å². The summed E-state index contributed by atoms with van der Waals surface area (Å²) in [4.78, 5) is 30.5. The van der Waals surface area contributed by atoms with Gasteiger partial charge in [-0.1, -0.05) is 27.7 Å². The summed E-state index contributed by atoms with van der Waals surface area (Å²) in [5.74, 6) is -2.19. The van der Waals surface area contributed by atoms with Crippen LogP contribution in [-0.4, -0.2) is 147 Å². The van der Waals surface area contributed by atoms with Crippen molar-refractivity contribution in [1.82, 2.24) is 9.80 Å². The number of aliphatic hydroxyl groups excluding tert-OH is 2. The number of carbonyl (C=O) groups is 2. The smallest absolute Gasteiger partial charge is 0.458 e. The third-order valence-corrected chi connectivity index (χ3v) is 10.7. The van der Waals surface area contributed by atoms with Crippen molar-refractivity contribution in [2.45, 2.75) is 135 Å². The Hall–Kier alpha value is -1.62. The molecule has 0 aromatic carbocycles. The van der Waals surface area contributed by atoms with Crippen LogP contribution in [0, 0.1) is 23.7 Å². The fourth-order valence-electron chi connectivity index (χ4n) is 7.92. The van der Waals surface area contributed by atoms with Crippen molar-refractivity contribution >= 4 is 12.1 Å².